The zero-order valence-corrected chi connectivity index (χ0v) is 17.1. The lowest BCUT2D eigenvalue weighted by molar-refractivity contribution is 0.0977. The van der Waals surface area contributed by atoms with Crippen molar-refractivity contribution in [3.63, 3.8) is 0 Å². The van der Waals surface area contributed by atoms with E-state index in [1.54, 1.807) is 18.2 Å². The molecule has 7 heteroatoms. The fourth-order valence-corrected chi connectivity index (χ4v) is 3.25. The number of oxazole rings is 1. The highest BCUT2D eigenvalue weighted by Gasteiger charge is 2.13. The van der Waals surface area contributed by atoms with Gasteiger partial charge in [-0.3, -0.25) is 10.1 Å². The summed E-state index contributed by atoms with van der Waals surface area (Å²) in [6.45, 7) is 4.08. The molecule has 5 nitrogen and oxygen atoms in total. The minimum absolute atomic E-state index is 0.127. The summed E-state index contributed by atoms with van der Waals surface area (Å²) in [5.41, 5.74) is 5.52. The van der Waals surface area contributed by atoms with Gasteiger partial charge in [-0.1, -0.05) is 12.1 Å². The predicted molar refractivity (Wildman–Crippen MR) is 119 cm³/mol. The standard InChI is InChI=1S/C23H18FN3O2S/c1-13-4-3-5-18(14(13)2)22-26-19-12-17(10-11-20(19)29-22)25-23(30)27-21(28)15-6-8-16(24)9-7-15/h3-12H,1-2H3,(H2,25,27,28,30). The summed E-state index contributed by atoms with van der Waals surface area (Å²) in [7, 11) is 0. The number of nitrogens with zero attached hydrogens (tertiary/aromatic N) is 1. The zero-order valence-electron chi connectivity index (χ0n) is 16.3. The normalized spacial score (nSPS) is 10.8. The fourth-order valence-electron chi connectivity index (χ4n) is 3.04. The number of carbonyl (C=O) groups is 1. The number of anilines is 1. The van der Waals surface area contributed by atoms with Crippen molar-refractivity contribution in [1.29, 1.82) is 0 Å². The van der Waals surface area contributed by atoms with Crippen LogP contribution in [0, 0.1) is 19.7 Å². The SMILES string of the molecule is Cc1cccc(-c2nc3cc(NC(=S)NC(=O)c4ccc(F)cc4)ccc3o2)c1C. The highest BCUT2D eigenvalue weighted by Crippen LogP contribution is 2.29. The van der Waals surface area contributed by atoms with Gasteiger partial charge in [0.15, 0.2) is 10.7 Å². The first-order valence-corrected chi connectivity index (χ1v) is 9.66. The highest BCUT2D eigenvalue weighted by molar-refractivity contribution is 7.80. The number of halogens is 1. The van der Waals surface area contributed by atoms with Crippen LogP contribution in [0.4, 0.5) is 10.1 Å². The van der Waals surface area contributed by atoms with Crippen molar-refractivity contribution >= 4 is 40.0 Å². The number of nitrogens with one attached hydrogen (secondary N) is 2. The Labute approximate surface area is 177 Å². The van der Waals surface area contributed by atoms with Crippen molar-refractivity contribution in [1.82, 2.24) is 10.3 Å². The van der Waals surface area contributed by atoms with Crippen molar-refractivity contribution in [2.45, 2.75) is 13.8 Å². The van der Waals surface area contributed by atoms with Crippen LogP contribution in [0.5, 0.6) is 0 Å². The Morgan fingerprint density at radius 3 is 2.60 bits per heavy atom. The third-order valence-electron chi connectivity index (χ3n) is 4.81. The van der Waals surface area contributed by atoms with E-state index in [2.05, 4.69) is 15.6 Å². The third-order valence-corrected chi connectivity index (χ3v) is 5.02. The Morgan fingerprint density at radius 2 is 1.83 bits per heavy atom. The van der Waals surface area contributed by atoms with Gasteiger partial charge in [-0.15, -0.1) is 0 Å². The first-order valence-electron chi connectivity index (χ1n) is 9.26. The van der Waals surface area contributed by atoms with E-state index in [4.69, 9.17) is 16.6 Å². The fraction of sp³-hybridized carbons (Fsp3) is 0.0870. The van der Waals surface area contributed by atoms with Crippen LogP contribution in [0.1, 0.15) is 21.5 Å². The maximum absolute atomic E-state index is 13.0. The molecule has 30 heavy (non-hydrogen) atoms. The molecule has 0 aliphatic rings. The maximum Gasteiger partial charge on any atom is 0.257 e. The molecule has 0 unspecified atom stereocenters. The lowest BCUT2D eigenvalue weighted by Crippen LogP contribution is -2.34. The number of carbonyl (C=O) groups excluding carboxylic acids is 1. The van der Waals surface area contributed by atoms with Crippen LogP contribution in [0.3, 0.4) is 0 Å². The molecular formula is C23H18FN3O2S. The summed E-state index contributed by atoms with van der Waals surface area (Å²) in [6.07, 6.45) is 0. The molecule has 4 rings (SSSR count). The van der Waals surface area contributed by atoms with Gasteiger partial charge < -0.3 is 9.73 Å². The number of aryl methyl sites for hydroxylation is 1. The average Bonchev–Trinajstić information content (AvgIpc) is 3.13. The number of amides is 1. The van der Waals surface area contributed by atoms with Crippen molar-refractivity contribution in [2.24, 2.45) is 0 Å². The van der Waals surface area contributed by atoms with Gasteiger partial charge in [0.1, 0.15) is 11.3 Å². The number of fused-ring (bicyclic) bond motifs is 1. The molecule has 0 aliphatic heterocycles. The van der Waals surface area contributed by atoms with Crippen LogP contribution < -0.4 is 10.6 Å². The van der Waals surface area contributed by atoms with Crippen molar-refractivity contribution in [3.8, 4) is 11.5 Å². The number of hydrogen-bond acceptors (Lipinski definition) is 4. The van der Waals surface area contributed by atoms with E-state index in [9.17, 15) is 9.18 Å². The molecule has 0 aliphatic carbocycles. The second-order valence-electron chi connectivity index (χ2n) is 6.86. The summed E-state index contributed by atoms with van der Waals surface area (Å²) in [6, 6.07) is 16.6. The van der Waals surface area contributed by atoms with E-state index in [-0.39, 0.29) is 5.11 Å². The van der Waals surface area contributed by atoms with E-state index in [1.807, 2.05) is 32.0 Å². The first kappa shape index (κ1) is 19.7. The average molecular weight is 419 g/mol. The van der Waals surface area contributed by atoms with Crippen molar-refractivity contribution < 1.29 is 13.6 Å². The molecular weight excluding hydrogens is 401 g/mol. The van der Waals surface area contributed by atoms with E-state index in [0.717, 1.165) is 11.1 Å². The monoisotopic (exact) mass is 419 g/mol. The van der Waals surface area contributed by atoms with E-state index in [1.165, 1.54) is 29.8 Å². The van der Waals surface area contributed by atoms with Gasteiger partial charge in [-0.25, -0.2) is 9.37 Å². The minimum atomic E-state index is -0.424. The summed E-state index contributed by atoms with van der Waals surface area (Å²) in [5, 5.41) is 5.66. The number of hydrogen-bond donors (Lipinski definition) is 2. The summed E-state index contributed by atoms with van der Waals surface area (Å²) in [5.74, 6) is -0.281. The Morgan fingerprint density at radius 1 is 1.07 bits per heavy atom. The van der Waals surface area contributed by atoms with Crippen LogP contribution in [0.2, 0.25) is 0 Å². The maximum atomic E-state index is 13.0. The summed E-state index contributed by atoms with van der Waals surface area (Å²) < 4.78 is 18.9. The Bertz CT molecular complexity index is 1270. The number of aromatic nitrogens is 1. The molecule has 3 aromatic carbocycles. The van der Waals surface area contributed by atoms with Crippen molar-refractivity contribution in [3.05, 3.63) is 83.2 Å². The Balaban J connectivity index is 1.51. The molecule has 1 aromatic heterocycles. The smallest absolute Gasteiger partial charge is 0.257 e. The van der Waals surface area contributed by atoms with Crippen LogP contribution >= 0.6 is 12.2 Å². The quantitative estimate of drug-likeness (QED) is 0.437. The lowest BCUT2D eigenvalue weighted by Gasteiger charge is -2.09. The van der Waals surface area contributed by atoms with Gasteiger partial charge in [-0.2, -0.15) is 0 Å². The molecule has 0 spiro atoms. The Kier molecular flexibility index (Phi) is 5.29. The highest BCUT2D eigenvalue weighted by atomic mass is 32.1. The molecule has 0 atom stereocenters. The topological polar surface area (TPSA) is 67.2 Å². The van der Waals surface area contributed by atoms with Crippen LogP contribution in [-0.4, -0.2) is 16.0 Å². The molecule has 0 fully saturated rings. The zero-order chi connectivity index (χ0) is 21.3. The van der Waals surface area contributed by atoms with E-state index >= 15 is 0 Å². The summed E-state index contributed by atoms with van der Waals surface area (Å²) in [4.78, 5) is 16.8. The Hall–Kier alpha value is -3.58. The second kappa shape index (κ2) is 8.04. The molecule has 0 saturated heterocycles. The van der Waals surface area contributed by atoms with E-state index < -0.39 is 11.7 Å². The van der Waals surface area contributed by atoms with Crippen LogP contribution in [0.25, 0.3) is 22.6 Å². The van der Waals surface area contributed by atoms with Gasteiger partial charge >= 0.3 is 0 Å². The van der Waals surface area contributed by atoms with Gasteiger partial charge in [0.05, 0.1) is 0 Å². The first-order chi connectivity index (χ1) is 14.4. The van der Waals surface area contributed by atoms with Gasteiger partial charge in [0.2, 0.25) is 5.89 Å². The molecule has 4 aromatic rings. The van der Waals surface area contributed by atoms with E-state index in [0.29, 0.717) is 28.2 Å². The molecule has 0 saturated carbocycles. The number of thiocarbonyl (C=S) groups is 1. The van der Waals surface area contributed by atoms with Gasteiger partial charge in [0, 0.05) is 16.8 Å². The predicted octanol–water partition coefficient (Wildman–Crippen LogP) is 5.38. The second-order valence-corrected chi connectivity index (χ2v) is 7.27. The molecule has 2 N–H and O–H groups in total. The van der Waals surface area contributed by atoms with Crippen LogP contribution in [0.15, 0.2) is 65.1 Å². The molecule has 1 amide bonds. The van der Waals surface area contributed by atoms with Crippen LogP contribution in [-0.2, 0) is 0 Å². The number of rotatable bonds is 3. The third kappa shape index (κ3) is 4.06. The largest absolute Gasteiger partial charge is 0.436 e. The molecule has 150 valence electrons. The summed E-state index contributed by atoms with van der Waals surface area (Å²) >= 11 is 5.21. The van der Waals surface area contributed by atoms with Gasteiger partial charge in [-0.05, 0) is 85.7 Å². The molecule has 1 heterocycles. The minimum Gasteiger partial charge on any atom is -0.436 e. The molecule has 0 radical (unpaired) electrons. The lowest BCUT2D eigenvalue weighted by atomic mass is 10.0. The number of benzene rings is 3. The van der Waals surface area contributed by atoms with Gasteiger partial charge in [0.25, 0.3) is 5.91 Å². The molecule has 0 bridgehead atoms. The van der Waals surface area contributed by atoms with Crippen molar-refractivity contribution in [2.75, 3.05) is 5.32 Å².